The van der Waals surface area contributed by atoms with Crippen molar-refractivity contribution < 1.29 is 0 Å². The lowest BCUT2D eigenvalue weighted by Gasteiger charge is -2.06. The van der Waals surface area contributed by atoms with E-state index in [1.165, 1.54) is 4.40 Å². The molecule has 0 atom stereocenters. The minimum absolute atomic E-state index is 0.194. The summed E-state index contributed by atoms with van der Waals surface area (Å²) < 4.78 is 2.08. The Hall–Kier alpha value is -1.10. The third-order valence-electron chi connectivity index (χ3n) is 2.61. The number of nitrogens with zero attached hydrogens (tertiary/aromatic N) is 2. The van der Waals surface area contributed by atoms with Gasteiger partial charge in [0.05, 0.1) is 15.9 Å². The molecule has 0 radical (unpaired) electrons. The molecule has 3 aromatic rings. The minimum atomic E-state index is -0.194. The van der Waals surface area contributed by atoms with Crippen LogP contribution < -0.4 is 5.56 Å². The fraction of sp³-hybridized carbons (Fsp3) is 0. The summed E-state index contributed by atoms with van der Waals surface area (Å²) in [7, 11) is 0. The van der Waals surface area contributed by atoms with Crippen LogP contribution in [0.3, 0.4) is 0 Å². The summed E-state index contributed by atoms with van der Waals surface area (Å²) in [5.41, 5.74) is 0.790. The molecule has 0 aliphatic carbocycles. The van der Waals surface area contributed by atoms with E-state index in [4.69, 9.17) is 23.2 Å². The first-order valence-corrected chi connectivity index (χ1v) is 6.58. The molecule has 3 rings (SSSR count). The highest BCUT2D eigenvalue weighted by Gasteiger charge is 2.11. The zero-order valence-corrected chi connectivity index (χ0v) is 11.9. The van der Waals surface area contributed by atoms with Gasteiger partial charge in [0, 0.05) is 15.7 Å². The lowest BCUT2D eigenvalue weighted by molar-refractivity contribution is 1.08. The van der Waals surface area contributed by atoms with Gasteiger partial charge in [-0.2, -0.15) is 0 Å². The van der Waals surface area contributed by atoms with Crippen molar-refractivity contribution in [3.8, 4) is 0 Å². The number of hydrogen-bond acceptors (Lipinski definition) is 2. The highest BCUT2D eigenvalue weighted by atomic mass is 79.9. The molecular weight excluding hydrogens is 339 g/mol. The Morgan fingerprint density at radius 1 is 1.28 bits per heavy atom. The number of rotatable bonds is 0. The largest absolute Gasteiger partial charge is 0.268 e. The molecule has 3 nitrogen and oxygen atoms in total. The van der Waals surface area contributed by atoms with E-state index in [1.807, 2.05) is 0 Å². The molecule has 2 heterocycles. The molecule has 2 aromatic heterocycles. The van der Waals surface area contributed by atoms with Crippen molar-refractivity contribution in [1.82, 2.24) is 9.38 Å². The van der Waals surface area contributed by atoms with Crippen LogP contribution >= 0.6 is 39.1 Å². The Morgan fingerprint density at radius 3 is 2.83 bits per heavy atom. The molecule has 0 bridgehead atoms. The van der Waals surface area contributed by atoms with Crippen LogP contribution in [0, 0.1) is 0 Å². The van der Waals surface area contributed by atoms with E-state index in [9.17, 15) is 4.79 Å². The highest BCUT2D eigenvalue weighted by molar-refractivity contribution is 9.10. The van der Waals surface area contributed by atoms with Gasteiger partial charge >= 0.3 is 0 Å². The van der Waals surface area contributed by atoms with Crippen LogP contribution in [-0.4, -0.2) is 9.38 Å². The molecule has 0 unspecified atom stereocenters. The Labute approximate surface area is 120 Å². The molecule has 90 valence electrons. The van der Waals surface area contributed by atoms with Gasteiger partial charge in [-0.05, 0) is 40.2 Å². The molecule has 1 aromatic carbocycles. The van der Waals surface area contributed by atoms with Crippen LogP contribution in [-0.2, 0) is 0 Å². The van der Waals surface area contributed by atoms with Gasteiger partial charge in [-0.15, -0.1) is 0 Å². The van der Waals surface area contributed by atoms with E-state index >= 15 is 0 Å². The third-order valence-corrected chi connectivity index (χ3v) is 3.73. The lowest BCUT2D eigenvalue weighted by Crippen LogP contribution is -2.15. The fourth-order valence-corrected chi connectivity index (χ4v) is 2.93. The van der Waals surface area contributed by atoms with Gasteiger partial charge in [-0.3, -0.25) is 9.20 Å². The molecule has 0 amide bonds. The molecular formula is C12H5BrCl2N2O. The van der Waals surface area contributed by atoms with Gasteiger partial charge in [0.25, 0.3) is 5.56 Å². The van der Waals surface area contributed by atoms with E-state index in [-0.39, 0.29) is 5.56 Å². The zero-order chi connectivity index (χ0) is 12.9. The van der Waals surface area contributed by atoms with Gasteiger partial charge in [0.2, 0.25) is 0 Å². The molecule has 0 N–H and O–H groups in total. The summed E-state index contributed by atoms with van der Waals surface area (Å²) in [4.78, 5) is 16.7. The summed E-state index contributed by atoms with van der Waals surface area (Å²) in [5, 5.41) is 1.36. The smallest absolute Gasteiger partial charge is 0.265 e. The Kier molecular flexibility index (Phi) is 2.81. The van der Waals surface area contributed by atoms with E-state index in [1.54, 1.807) is 30.5 Å². The van der Waals surface area contributed by atoms with Crippen molar-refractivity contribution in [2.75, 3.05) is 0 Å². The van der Waals surface area contributed by atoms with E-state index in [0.29, 0.717) is 31.1 Å². The molecule has 0 saturated carbocycles. The van der Waals surface area contributed by atoms with Crippen LogP contribution in [0.25, 0.3) is 16.6 Å². The lowest BCUT2D eigenvalue weighted by atomic mass is 10.2. The molecule has 18 heavy (non-hydrogen) atoms. The van der Waals surface area contributed by atoms with Crippen molar-refractivity contribution in [2.45, 2.75) is 0 Å². The number of benzene rings is 1. The first-order chi connectivity index (χ1) is 8.58. The maximum atomic E-state index is 12.3. The molecule has 6 heteroatoms. The maximum absolute atomic E-state index is 12.3. The first-order valence-electron chi connectivity index (χ1n) is 5.03. The standard InChI is InChI=1S/C12H5BrCl2N2O/c13-8-5-6(14)4-7-10(8)16-11-9(15)2-1-3-17(11)12(7)18/h1-5H. The SMILES string of the molecule is O=c1c2cc(Cl)cc(Br)c2nc2c(Cl)cccn12. The average Bonchev–Trinajstić information content (AvgIpc) is 2.32. The molecule has 0 saturated heterocycles. The normalized spacial score (nSPS) is 11.3. The topological polar surface area (TPSA) is 34.4 Å². The van der Waals surface area contributed by atoms with Gasteiger partial charge in [-0.25, -0.2) is 4.98 Å². The van der Waals surface area contributed by atoms with Crippen LogP contribution in [0.4, 0.5) is 0 Å². The fourth-order valence-electron chi connectivity index (χ4n) is 1.82. The predicted molar refractivity (Wildman–Crippen MR) is 76.7 cm³/mol. The zero-order valence-electron chi connectivity index (χ0n) is 8.82. The van der Waals surface area contributed by atoms with E-state index in [2.05, 4.69) is 20.9 Å². The summed E-state index contributed by atoms with van der Waals surface area (Å²) in [5.74, 6) is 0. The maximum Gasteiger partial charge on any atom is 0.265 e. The Morgan fingerprint density at radius 2 is 2.06 bits per heavy atom. The Balaban J connectivity index is 2.66. The van der Waals surface area contributed by atoms with Crippen molar-refractivity contribution >= 4 is 55.7 Å². The Bertz CT molecular complexity index is 845. The van der Waals surface area contributed by atoms with Crippen molar-refractivity contribution in [3.63, 3.8) is 0 Å². The second-order valence-corrected chi connectivity index (χ2v) is 5.45. The van der Waals surface area contributed by atoms with E-state index < -0.39 is 0 Å². The van der Waals surface area contributed by atoms with Crippen molar-refractivity contribution in [1.29, 1.82) is 0 Å². The number of hydrogen-bond donors (Lipinski definition) is 0. The second kappa shape index (κ2) is 4.23. The summed E-state index contributed by atoms with van der Waals surface area (Å²) in [6, 6.07) is 6.69. The molecule has 0 aliphatic rings. The molecule has 0 aliphatic heterocycles. The number of fused-ring (bicyclic) bond motifs is 2. The predicted octanol–water partition coefficient (Wildman–Crippen LogP) is 3.92. The first kappa shape index (κ1) is 12.0. The van der Waals surface area contributed by atoms with Gasteiger partial charge in [-0.1, -0.05) is 23.2 Å². The summed E-state index contributed by atoms with van der Waals surface area (Å²) in [6.07, 6.45) is 1.63. The number of aromatic nitrogens is 2. The van der Waals surface area contributed by atoms with Gasteiger partial charge in [0.1, 0.15) is 0 Å². The van der Waals surface area contributed by atoms with Gasteiger partial charge in [0.15, 0.2) is 5.65 Å². The monoisotopic (exact) mass is 342 g/mol. The van der Waals surface area contributed by atoms with Crippen LogP contribution in [0.2, 0.25) is 10.0 Å². The summed E-state index contributed by atoms with van der Waals surface area (Å²) >= 11 is 15.3. The minimum Gasteiger partial charge on any atom is -0.268 e. The quantitative estimate of drug-likeness (QED) is 0.580. The average molecular weight is 344 g/mol. The second-order valence-electron chi connectivity index (χ2n) is 3.75. The van der Waals surface area contributed by atoms with E-state index in [0.717, 1.165) is 0 Å². The highest BCUT2D eigenvalue weighted by Crippen LogP contribution is 2.26. The van der Waals surface area contributed by atoms with Crippen LogP contribution in [0.5, 0.6) is 0 Å². The van der Waals surface area contributed by atoms with Crippen molar-refractivity contribution in [3.05, 3.63) is 55.3 Å². The molecule has 0 spiro atoms. The third kappa shape index (κ3) is 1.72. The van der Waals surface area contributed by atoms with Crippen molar-refractivity contribution in [2.24, 2.45) is 0 Å². The van der Waals surface area contributed by atoms with Crippen LogP contribution in [0.1, 0.15) is 0 Å². The summed E-state index contributed by atoms with van der Waals surface area (Å²) in [6.45, 7) is 0. The van der Waals surface area contributed by atoms with Gasteiger partial charge < -0.3 is 0 Å². The molecule has 0 fully saturated rings. The van der Waals surface area contributed by atoms with Crippen LogP contribution in [0.15, 0.2) is 39.7 Å². The number of halogens is 3. The number of pyridine rings is 1.